The molecular formula is C23H32N2O5S. The summed E-state index contributed by atoms with van der Waals surface area (Å²) in [7, 11) is -3.61. The first-order valence-electron chi connectivity index (χ1n) is 11.3. The minimum Gasteiger partial charge on any atom is -0.481 e. The molecule has 1 N–H and O–H groups in total. The molecule has 8 heteroatoms. The number of rotatable bonds is 5. The highest BCUT2D eigenvalue weighted by atomic mass is 32.2. The molecule has 3 saturated carbocycles. The van der Waals surface area contributed by atoms with Gasteiger partial charge in [0.05, 0.1) is 16.7 Å². The van der Waals surface area contributed by atoms with Crippen LogP contribution in [0, 0.1) is 23.7 Å². The monoisotopic (exact) mass is 448 g/mol. The Morgan fingerprint density at radius 3 is 1.90 bits per heavy atom. The number of carboxylic acid groups (broad SMARTS) is 1. The number of hydrogen-bond donors (Lipinski definition) is 1. The van der Waals surface area contributed by atoms with E-state index in [-0.39, 0.29) is 35.7 Å². The van der Waals surface area contributed by atoms with Crippen molar-refractivity contribution in [2.45, 2.75) is 50.3 Å². The number of amides is 1. The summed E-state index contributed by atoms with van der Waals surface area (Å²) in [5.74, 6) is -1.46. The second kappa shape index (κ2) is 8.54. The van der Waals surface area contributed by atoms with Gasteiger partial charge in [0.1, 0.15) is 0 Å². The predicted molar refractivity (Wildman–Crippen MR) is 116 cm³/mol. The standard InChI is InChI=1S/C23H32N2O5S/c1-15(2)16-7-9-19(10-8-16)31(29,30)25-13-11-24(12-14-25)22(26)20-17-3-5-18(6-4-17)21(20)23(27)28/h7-10,15,17-18,20-21H,3-6,11-14H2,1-2H3,(H,27,28)/t17?,18?,20-,21+/m1/s1. The van der Waals surface area contributed by atoms with Crippen LogP contribution in [-0.2, 0) is 19.6 Å². The van der Waals surface area contributed by atoms with Crippen LogP contribution in [0.25, 0.3) is 0 Å². The number of sulfonamides is 1. The minimum absolute atomic E-state index is 0.0897. The zero-order chi connectivity index (χ0) is 22.3. The third kappa shape index (κ3) is 4.12. The van der Waals surface area contributed by atoms with Gasteiger partial charge in [0.25, 0.3) is 0 Å². The highest BCUT2D eigenvalue weighted by Gasteiger charge is 2.51. The average Bonchev–Trinajstić information content (AvgIpc) is 2.78. The van der Waals surface area contributed by atoms with Crippen molar-refractivity contribution in [2.24, 2.45) is 23.7 Å². The highest BCUT2D eigenvalue weighted by molar-refractivity contribution is 7.89. The summed E-state index contributed by atoms with van der Waals surface area (Å²) >= 11 is 0. The number of fused-ring (bicyclic) bond motifs is 3. The molecule has 3 aliphatic carbocycles. The molecule has 1 aromatic carbocycles. The highest BCUT2D eigenvalue weighted by Crippen LogP contribution is 2.49. The van der Waals surface area contributed by atoms with Crippen LogP contribution in [0.2, 0.25) is 0 Å². The Labute approximate surface area is 184 Å². The zero-order valence-corrected chi connectivity index (χ0v) is 19.1. The van der Waals surface area contributed by atoms with Crippen LogP contribution < -0.4 is 0 Å². The molecule has 170 valence electrons. The largest absolute Gasteiger partial charge is 0.481 e. The fraction of sp³-hybridized carbons (Fsp3) is 0.652. The van der Waals surface area contributed by atoms with Gasteiger partial charge in [-0.2, -0.15) is 4.31 Å². The van der Waals surface area contributed by atoms with Crippen molar-refractivity contribution in [1.29, 1.82) is 0 Å². The molecule has 7 nitrogen and oxygen atoms in total. The van der Waals surface area contributed by atoms with Gasteiger partial charge in [0.2, 0.25) is 15.9 Å². The van der Waals surface area contributed by atoms with E-state index < -0.39 is 27.8 Å². The van der Waals surface area contributed by atoms with Crippen LogP contribution in [0.3, 0.4) is 0 Å². The molecule has 31 heavy (non-hydrogen) atoms. The zero-order valence-electron chi connectivity index (χ0n) is 18.2. The van der Waals surface area contributed by atoms with Gasteiger partial charge in [-0.3, -0.25) is 9.59 Å². The lowest BCUT2D eigenvalue weighted by atomic mass is 9.58. The van der Waals surface area contributed by atoms with Gasteiger partial charge >= 0.3 is 5.97 Å². The number of aliphatic carboxylic acids is 1. The van der Waals surface area contributed by atoms with Crippen molar-refractivity contribution in [1.82, 2.24) is 9.21 Å². The quantitative estimate of drug-likeness (QED) is 0.747. The van der Waals surface area contributed by atoms with E-state index in [4.69, 9.17) is 0 Å². The Morgan fingerprint density at radius 1 is 0.903 bits per heavy atom. The third-order valence-electron chi connectivity index (χ3n) is 7.52. The number of hydrogen-bond acceptors (Lipinski definition) is 4. The summed E-state index contributed by atoms with van der Waals surface area (Å²) in [5, 5.41) is 9.75. The molecular weight excluding hydrogens is 416 g/mol. The van der Waals surface area contributed by atoms with E-state index in [1.165, 1.54) is 4.31 Å². The van der Waals surface area contributed by atoms with Gasteiger partial charge < -0.3 is 10.0 Å². The molecule has 0 unspecified atom stereocenters. The smallest absolute Gasteiger partial charge is 0.307 e. The van der Waals surface area contributed by atoms with E-state index in [0.717, 1.165) is 31.2 Å². The second-order valence-electron chi connectivity index (χ2n) is 9.52. The average molecular weight is 449 g/mol. The Hall–Kier alpha value is -1.93. The fourth-order valence-corrected chi connectivity index (χ4v) is 7.12. The lowest BCUT2D eigenvalue weighted by Gasteiger charge is -2.48. The first-order chi connectivity index (χ1) is 14.7. The molecule has 5 rings (SSSR count). The molecule has 0 radical (unpaired) electrons. The number of carbonyl (C=O) groups excluding carboxylic acids is 1. The van der Waals surface area contributed by atoms with E-state index in [1.807, 2.05) is 12.1 Å². The number of carboxylic acids is 1. The maximum absolute atomic E-state index is 13.3. The van der Waals surface area contributed by atoms with Crippen molar-refractivity contribution in [3.63, 3.8) is 0 Å². The van der Waals surface area contributed by atoms with Gasteiger partial charge in [-0.25, -0.2) is 8.42 Å². The van der Waals surface area contributed by atoms with Crippen molar-refractivity contribution in [2.75, 3.05) is 26.2 Å². The minimum atomic E-state index is -3.61. The molecule has 2 bridgehead atoms. The lowest BCUT2D eigenvalue weighted by molar-refractivity contribution is -0.162. The van der Waals surface area contributed by atoms with Crippen molar-refractivity contribution >= 4 is 21.9 Å². The maximum Gasteiger partial charge on any atom is 0.307 e. The summed E-state index contributed by atoms with van der Waals surface area (Å²) in [5.41, 5.74) is 1.09. The van der Waals surface area contributed by atoms with E-state index in [2.05, 4.69) is 13.8 Å². The van der Waals surface area contributed by atoms with Crippen molar-refractivity contribution in [3.05, 3.63) is 29.8 Å². The van der Waals surface area contributed by atoms with Gasteiger partial charge in [-0.1, -0.05) is 26.0 Å². The molecule has 4 fully saturated rings. The van der Waals surface area contributed by atoms with Gasteiger partial charge in [0, 0.05) is 26.2 Å². The van der Waals surface area contributed by atoms with Crippen LogP contribution in [-0.4, -0.2) is 60.8 Å². The third-order valence-corrected chi connectivity index (χ3v) is 9.44. The SMILES string of the molecule is CC(C)c1ccc(S(=O)(=O)N2CCN(C(=O)[C@@H]3C4CCC(CC4)[C@@H]3C(=O)O)CC2)cc1. The normalized spacial score (nSPS) is 29.3. The number of piperazine rings is 1. The first-order valence-corrected chi connectivity index (χ1v) is 12.8. The summed E-state index contributed by atoms with van der Waals surface area (Å²) in [6, 6.07) is 7.00. The Balaban J connectivity index is 1.43. The summed E-state index contributed by atoms with van der Waals surface area (Å²) < 4.78 is 27.5. The van der Waals surface area contributed by atoms with Crippen LogP contribution >= 0.6 is 0 Å². The summed E-state index contributed by atoms with van der Waals surface area (Å²) in [4.78, 5) is 27.1. The molecule has 0 aromatic heterocycles. The van der Waals surface area contributed by atoms with Crippen LogP contribution in [0.1, 0.15) is 51.0 Å². The second-order valence-corrected chi connectivity index (χ2v) is 11.5. The van der Waals surface area contributed by atoms with Crippen LogP contribution in [0.5, 0.6) is 0 Å². The molecule has 1 aromatic rings. The number of nitrogens with zero attached hydrogens (tertiary/aromatic N) is 2. The Bertz CT molecular complexity index is 927. The Morgan fingerprint density at radius 2 is 1.42 bits per heavy atom. The molecule has 1 aliphatic heterocycles. The van der Waals surface area contributed by atoms with Crippen LogP contribution in [0.4, 0.5) is 0 Å². The summed E-state index contributed by atoms with van der Waals surface area (Å²) in [6.07, 6.45) is 3.64. The van der Waals surface area contributed by atoms with E-state index in [1.54, 1.807) is 17.0 Å². The molecule has 0 spiro atoms. The molecule has 1 heterocycles. The molecule has 1 amide bonds. The molecule has 2 atom stereocenters. The Kier molecular flexibility index (Phi) is 6.14. The molecule has 4 aliphatic rings. The van der Waals surface area contributed by atoms with E-state index >= 15 is 0 Å². The fourth-order valence-electron chi connectivity index (χ4n) is 5.69. The lowest BCUT2D eigenvalue weighted by Crippen LogP contribution is -2.56. The van der Waals surface area contributed by atoms with Gasteiger partial charge in [-0.05, 0) is 61.1 Å². The van der Waals surface area contributed by atoms with Gasteiger partial charge in [-0.15, -0.1) is 0 Å². The number of carbonyl (C=O) groups is 2. The van der Waals surface area contributed by atoms with Crippen molar-refractivity contribution in [3.8, 4) is 0 Å². The topological polar surface area (TPSA) is 95.0 Å². The predicted octanol–water partition coefficient (Wildman–Crippen LogP) is 2.78. The van der Waals surface area contributed by atoms with E-state index in [9.17, 15) is 23.1 Å². The summed E-state index contributed by atoms with van der Waals surface area (Å²) in [6.45, 7) is 5.21. The first kappa shape index (κ1) is 22.3. The maximum atomic E-state index is 13.3. The van der Waals surface area contributed by atoms with Crippen LogP contribution in [0.15, 0.2) is 29.2 Å². The molecule has 1 saturated heterocycles. The van der Waals surface area contributed by atoms with Gasteiger partial charge in [0.15, 0.2) is 0 Å². The van der Waals surface area contributed by atoms with Crippen molar-refractivity contribution < 1.29 is 23.1 Å². The van der Waals surface area contributed by atoms with E-state index in [0.29, 0.717) is 19.0 Å². The number of benzene rings is 1.